The highest BCUT2D eigenvalue weighted by molar-refractivity contribution is 6.35. The highest BCUT2D eigenvalue weighted by Gasteiger charge is 2.38. The first-order valence-electron chi connectivity index (χ1n) is 6.57. The van der Waals surface area contributed by atoms with Crippen molar-refractivity contribution in [2.24, 2.45) is 0 Å². The Bertz CT molecular complexity index is 530. The van der Waals surface area contributed by atoms with Gasteiger partial charge in [0.15, 0.2) is 0 Å². The summed E-state index contributed by atoms with van der Waals surface area (Å²) in [7, 11) is 1.47. The molecule has 1 fully saturated rings. The second-order valence-corrected chi connectivity index (χ2v) is 6.06. The van der Waals surface area contributed by atoms with Gasteiger partial charge in [-0.05, 0) is 24.6 Å². The van der Waals surface area contributed by atoms with Crippen molar-refractivity contribution in [1.82, 2.24) is 4.90 Å². The maximum atomic E-state index is 14.2. The predicted molar refractivity (Wildman–Crippen MR) is 81.9 cm³/mol. The van der Waals surface area contributed by atoms with Gasteiger partial charge >= 0.3 is 0 Å². The molecule has 7 heteroatoms. The van der Waals surface area contributed by atoms with Crippen LogP contribution >= 0.6 is 23.2 Å². The molecule has 1 aliphatic heterocycles. The maximum absolute atomic E-state index is 14.2. The summed E-state index contributed by atoms with van der Waals surface area (Å²) in [6.07, 6.45) is 0.367. The van der Waals surface area contributed by atoms with Crippen LogP contribution in [0.15, 0.2) is 18.2 Å². The van der Waals surface area contributed by atoms with Crippen LogP contribution in [0.5, 0.6) is 0 Å². The second kappa shape index (κ2) is 6.92. The van der Waals surface area contributed by atoms with E-state index in [9.17, 15) is 9.18 Å². The maximum Gasteiger partial charge on any atom is 0.238 e. The van der Waals surface area contributed by atoms with E-state index in [0.29, 0.717) is 28.7 Å². The number of halogens is 3. The van der Waals surface area contributed by atoms with Gasteiger partial charge < -0.3 is 10.1 Å². The SMILES string of the molecule is COCC1(F)CCN(CC(=O)Nc2cc(Cl)ccc2Cl)C1. The summed E-state index contributed by atoms with van der Waals surface area (Å²) >= 11 is 11.8. The number of carbonyl (C=O) groups is 1. The van der Waals surface area contributed by atoms with Crippen LogP contribution in [0.4, 0.5) is 10.1 Å². The van der Waals surface area contributed by atoms with E-state index < -0.39 is 5.67 Å². The first kappa shape index (κ1) is 16.5. The summed E-state index contributed by atoms with van der Waals surface area (Å²) < 4.78 is 19.1. The molecule has 0 aromatic heterocycles. The molecule has 1 atom stereocenters. The molecule has 1 amide bonds. The lowest BCUT2D eigenvalue weighted by Gasteiger charge is -2.19. The molecule has 0 saturated carbocycles. The fourth-order valence-corrected chi connectivity index (χ4v) is 2.75. The van der Waals surface area contributed by atoms with Gasteiger partial charge in [0.25, 0.3) is 0 Å². The Morgan fingerprint density at radius 1 is 1.52 bits per heavy atom. The van der Waals surface area contributed by atoms with Crippen LogP contribution < -0.4 is 5.32 Å². The summed E-state index contributed by atoms with van der Waals surface area (Å²) in [6, 6.07) is 4.83. The van der Waals surface area contributed by atoms with E-state index in [-0.39, 0.29) is 25.6 Å². The first-order chi connectivity index (χ1) is 9.92. The van der Waals surface area contributed by atoms with E-state index in [0.717, 1.165) is 0 Å². The lowest BCUT2D eigenvalue weighted by molar-refractivity contribution is -0.117. The number of rotatable bonds is 5. The number of likely N-dealkylation sites (tertiary alicyclic amines) is 1. The van der Waals surface area contributed by atoms with E-state index in [1.54, 1.807) is 23.1 Å². The van der Waals surface area contributed by atoms with Crippen molar-refractivity contribution in [1.29, 1.82) is 0 Å². The number of anilines is 1. The Morgan fingerprint density at radius 2 is 2.29 bits per heavy atom. The van der Waals surface area contributed by atoms with Crippen molar-refractivity contribution in [2.75, 3.05) is 38.7 Å². The van der Waals surface area contributed by atoms with Crippen molar-refractivity contribution >= 4 is 34.8 Å². The molecular weight excluding hydrogens is 318 g/mol. The van der Waals surface area contributed by atoms with Gasteiger partial charge in [-0.25, -0.2) is 4.39 Å². The van der Waals surface area contributed by atoms with Crippen LogP contribution in [0.1, 0.15) is 6.42 Å². The van der Waals surface area contributed by atoms with Crippen LogP contribution in [-0.4, -0.2) is 49.8 Å². The zero-order valence-corrected chi connectivity index (χ0v) is 13.2. The standard InChI is InChI=1S/C14H17Cl2FN2O2/c1-21-9-14(17)4-5-19(8-14)7-13(20)18-12-6-10(15)2-3-11(12)16/h2-3,6H,4-5,7-9H2,1H3,(H,18,20). The van der Waals surface area contributed by atoms with Gasteiger partial charge in [0, 0.05) is 25.2 Å². The van der Waals surface area contributed by atoms with E-state index in [1.165, 1.54) is 7.11 Å². The molecule has 0 aliphatic carbocycles. The average molecular weight is 335 g/mol. The van der Waals surface area contributed by atoms with Crippen LogP contribution in [0.2, 0.25) is 10.0 Å². The minimum Gasteiger partial charge on any atom is -0.381 e. The fourth-order valence-electron chi connectivity index (χ4n) is 2.41. The molecule has 0 bridgehead atoms. The van der Waals surface area contributed by atoms with Gasteiger partial charge in [0.2, 0.25) is 5.91 Å². The molecule has 0 spiro atoms. The molecule has 1 N–H and O–H groups in total. The quantitative estimate of drug-likeness (QED) is 0.899. The number of nitrogens with one attached hydrogen (secondary N) is 1. The Labute approximate surface area is 133 Å². The van der Waals surface area contributed by atoms with Gasteiger partial charge in [0.1, 0.15) is 5.67 Å². The van der Waals surface area contributed by atoms with Crippen LogP contribution in [-0.2, 0) is 9.53 Å². The second-order valence-electron chi connectivity index (χ2n) is 5.22. The zero-order chi connectivity index (χ0) is 15.5. The summed E-state index contributed by atoms with van der Waals surface area (Å²) in [4.78, 5) is 13.7. The number of ether oxygens (including phenoxy) is 1. The molecule has 1 aromatic carbocycles. The summed E-state index contributed by atoms with van der Waals surface area (Å²) in [6.45, 7) is 0.873. The molecule has 21 heavy (non-hydrogen) atoms. The highest BCUT2D eigenvalue weighted by Crippen LogP contribution is 2.27. The number of hydrogen-bond donors (Lipinski definition) is 1. The molecule has 4 nitrogen and oxygen atoms in total. The number of benzene rings is 1. The van der Waals surface area contributed by atoms with E-state index >= 15 is 0 Å². The Kier molecular flexibility index (Phi) is 5.43. The number of hydrogen-bond acceptors (Lipinski definition) is 3. The van der Waals surface area contributed by atoms with Crippen molar-refractivity contribution in [3.63, 3.8) is 0 Å². The van der Waals surface area contributed by atoms with E-state index in [2.05, 4.69) is 5.32 Å². The molecular formula is C14H17Cl2FN2O2. The van der Waals surface area contributed by atoms with Gasteiger partial charge in [-0.2, -0.15) is 0 Å². The number of carbonyl (C=O) groups excluding carboxylic acids is 1. The fraction of sp³-hybridized carbons (Fsp3) is 0.500. The predicted octanol–water partition coefficient (Wildman–Crippen LogP) is 2.99. The Balaban J connectivity index is 1.90. The van der Waals surface area contributed by atoms with Gasteiger partial charge in [-0.1, -0.05) is 23.2 Å². The Morgan fingerprint density at radius 3 is 3.00 bits per heavy atom. The molecule has 1 saturated heterocycles. The van der Waals surface area contributed by atoms with E-state index in [1.807, 2.05) is 0 Å². The van der Waals surface area contributed by atoms with Crippen molar-refractivity contribution in [2.45, 2.75) is 12.1 Å². The lowest BCUT2D eigenvalue weighted by atomic mass is 10.1. The summed E-state index contributed by atoms with van der Waals surface area (Å²) in [5.74, 6) is -0.249. The lowest BCUT2D eigenvalue weighted by Crippen LogP contribution is -2.36. The minimum atomic E-state index is -1.37. The normalized spacial score (nSPS) is 22.5. The number of amides is 1. The number of methoxy groups -OCH3 is 1. The molecule has 1 aromatic rings. The average Bonchev–Trinajstić information content (AvgIpc) is 2.75. The molecule has 0 radical (unpaired) electrons. The zero-order valence-electron chi connectivity index (χ0n) is 11.7. The number of nitrogens with zero attached hydrogens (tertiary/aromatic N) is 1. The highest BCUT2D eigenvalue weighted by atomic mass is 35.5. The van der Waals surface area contributed by atoms with Gasteiger partial charge in [-0.15, -0.1) is 0 Å². The third-order valence-electron chi connectivity index (χ3n) is 3.36. The minimum absolute atomic E-state index is 0.0469. The molecule has 1 unspecified atom stereocenters. The molecule has 2 rings (SSSR count). The van der Waals surface area contributed by atoms with Gasteiger partial charge in [-0.3, -0.25) is 9.69 Å². The first-order valence-corrected chi connectivity index (χ1v) is 7.32. The topological polar surface area (TPSA) is 41.6 Å². The molecule has 1 heterocycles. The third kappa shape index (κ3) is 4.54. The van der Waals surface area contributed by atoms with Crippen molar-refractivity contribution in [3.8, 4) is 0 Å². The van der Waals surface area contributed by atoms with Crippen molar-refractivity contribution in [3.05, 3.63) is 28.2 Å². The number of alkyl halides is 1. The largest absolute Gasteiger partial charge is 0.381 e. The van der Waals surface area contributed by atoms with Crippen LogP contribution in [0, 0.1) is 0 Å². The smallest absolute Gasteiger partial charge is 0.238 e. The monoisotopic (exact) mass is 334 g/mol. The van der Waals surface area contributed by atoms with Crippen LogP contribution in [0.25, 0.3) is 0 Å². The summed E-state index contributed by atoms with van der Waals surface area (Å²) in [5, 5.41) is 3.58. The Hall–Kier alpha value is -0.880. The molecule has 116 valence electrons. The van der Waals surface area contributed by atoms with Crippen LogP contribution in [0.3, 0.4) is 0 Å². The van der Waals surface area contributed by atoms with E-state index in [4.69, 9.17) is 27.9 Å². The van der Waals surface area contributed by atoms with Gasteiger partial charge in [0.05, 0.1) is 23.9 Å². The summed E-state index contributed by atoms with van der Waals surface area (Å²) in [5.41, 5.74) is -0.917. The molecule has 1 aliphatic rings. The third-order valence-corrected chi connectivity index (χ3v) is 3.92. The van der Waals surface area contributed by atoms with Crippen molar-refractivity contribution < 1.29 is 13.9 Å².